The van der Waals surface area contributed by atoms with Crippen LogP contribution in [0.5, 0.6) is 0 Å². The van der Waals surface area contributed by atoms with Crippen molar-refractivity contribution in [2.75, 3.05) is 11.7 Å². The number of hydroxylamine groups is 1. The van der Waals surface area contributed by atoms with Gasteiger partial charge in [-0.2, -0.15) is 0 Å². The van der Waals surface area contributed by atoms with Crippen LogP contribution in [0.3, 0.4) is 0 Å². The van der Waals surface area contributed by atoms with E-state index >= 15 is 0 Å². The van der Waals surface area contributed by atoms with Crippen molar-refractivity contribution in [3.05, 3.63) is 41.5 Å². The van der Waals surface area contributed by atoms with E-state index in [-0.39, 0.29) is 5.54 Å². The van der Waals surface area contributed by atoms with Crippen LogP contribution < -0.4 is 5.06 Å². The largest absolute Gasteiger partial charge is 0.272 e. The monoisotopic (exact) mass is 255 g/mol. The molecular formula is C17H21NO. The molecule has 0 bridgehead atoms. The maximum Gasteiger partial charge on any atom is 0.0911 e. The molecule has 0 spiro atoms. The Balaban J connectivity index is 1.77. The van der Waals surface area contributed by atoms with Crippen LogP contribution in [-0.2, 0) is 4.84 Å². The lowest BCUT2D eigenvalue weighted by Gasteiger charge is -2.38. The third-order valence-corrected chi connectivity index (χ3v) is 5.30. The number of allylic oxidation sites excluding steroid dienone is 1. The fraction of sp³-hybridized carbons (Fsp3) is 0.529. The first kappa shape index (κ1) is 11.5. The molecule has 0 saturated carbocycles. The van der Waals surface area contributed by atoms with Crippen molar-refractivity contribution in [3.63, 3.8) is 0 Å². The van der Waals surface area contributed by atoms with Crippen molar-refractivity contribution in [2.45, 2.75) is 44.6 Å². The second-order valence-electron chi connectivity index (χ2n) is 6.26. The summed E-state index contributed by atoms with van der Waals surface area (Å²) in [5.41, 5.74) is 4.73. The predicted molar refractivity (Wildman–Crippen MR) is 76.9 cm³/mol. The van der Waals surface area contributed by atoms with Crippen LogP contribution in [-0.4, -0.2) is 12.1 Å². The minimum absolute atomic E-state index is 0.108. The van der Waals surface area contributed by atoms with Crippen molar-refractivity contribution in [3.8, 4) is 0 Å². The Morgan fingerprint density at radius 3 is 2.79 bits per heavy atom. The Bertz CT molecular complexity index is 521. The molecule has 19 heavy (non-hydrogen) atoms. The van der Waals surface area contributed by atoms with Gasteiger partial charge in [-0.3, -0.25) is 4.84 Å². The highest BCUT2D eigenvalue weighted by Gasteiger charge is 2.54. The number of anilines is 1. The van der Waals surface area contributed by atoms with Crippen LogP contribution in [0.25, 0.3) is 0 Å². The SMILES string of the molecule is C[C@@]12C3=C(CCCC3)C[C@@H]1CON2c1ccccc1. The standard InChI is InChI=1S/C17H21NO/c1-17-14(11-13-7-5-6-10-16(13)17)12-19-18(17)15-8-3-2-4-9-15/h2-4,8-9,14H,5-7,10-12H2,1H3/t14-,17+/m1/s1. The minimum Gasteiger partial charge on any atom is -0.272 e. The Morgan fingerprint density at radius 1 is 1.16 bits per heavy atom. The Hall–Kier alpha value is -1.28. The Morgan fingerprint density at radius 2 is 1.95 bits per heavy atom. The Labute approximate surface area is 115 Å². The molecule has 0 unspecified atom stereocenters. The lowest BCUT2D eigenvalue weighted by atomic mass is 9.81. The van der Waals surface area contributed by atoms with E-state index in [2.05, 4.69) is 42.3 Å². The molecular weight excluding hydrogens is 234 g/mol. The molecule has 2 aliphatic carbocycles. The van der Waals surface area contributed by atoms with Crippen molar-refractivity contribution in [1.29, 1.82) is 0 Å². The van der Waals surface area contributed by atoms with E-state index in [1.54, 1.807) is 11.1 Å². The van der Waals surface area contributed by atoms with Gasteiger partial charge in [-0.1, -0.05) is 23.8 Å². The zero-order valence-electron chi connectivity index (χ0n) is 11.6. The molecule has 1 fully saturated rings. The van der Waals surface area contributed by atoms with E-state index < -0.39 is 0 Å². The average molecular weight is 255 g/mol. The third-order valence-electron chi connectivity index (χ3n) is 5.30. The van der Waals surface area contributed by atoms with Crippen molar-refractivity contribution >= 4 is 5.69 Å². The molecule has 1 heterocycles. The molecule has 100 valence electrons. The van der Waals surface area contributed by atoms with Gasteiger partial charge < -0.3 is 0 Å². The van der Waals surface area contributed by atoms with Crippen LogP contribution in [0.1, 0.15) is 39.0 Å². The number of fused-ring (bicyclic) bond motifs is 2. The molecule has 3 aliphatic rings. The normalized spacial score (nSPS) is 33.5. The molecule has 1 saturated heterocycles. The maximum absolute atomic E-state index is 6.06. The number of para-hydroxylation sites is 1. The van der Waals surface area contributed by atoms with Gasteiger partial charge in [0.2, 0.25) is 0 Å². The summed E-state index contributed by atoms with van der Waals surface area (Å²) in [5.74, 6) is 0.649. The molecule has 2 atom stereocenters. The number of rotatable bonds is 1. The fourth-order valence-corrected chi connectivity index (χ4v) is 4.26. The van der Waals surface area contributed by atoms with E-state index in [0.717, 1.165) is 6.61 Å². The number of hydrogen-bond acceptors (Lipinski definition) is 2. The summed E-state index contributed by atoms with van der Waals surface area (Å²) in [4.78, 5) is 6.06. The molecule has 2 heteroatoms. The lowest BCUT2D eigenvalue weighted by Crippen LogP contribution is -2.44. The Kier molecular flexibility index (Phi) is 2.49. The lowest BCUT2D eigenvalue weighted by molar-refractivity contribution is 0.143. The van der Waals surface area contributed by atoms with Crippen molar-refractivity contribution in [2.24, 2.45) is 5.92 Å². The van der Waals surface area contributed by atoms with E-state index in [1.165, 1.54) is 37.8 Å². The van der Waals surface area contributed by atoms with Gasteiger partial charge >= 0.3 is 0 Å². The van der Waals surface area contributed by atoms with Crippen LogP contribution in [0.15, 0.2) is 41.5 Å². The minimum atomic E-state index is 0.108. The maximum atomic E-state index is 6.06. The molecule has 4 rings (SSSR count). The zero-order valence-corrected chi connectivity index (χ0v) is 11.6. The quantitative estimate of drug-likeness (QED) is 0.701. The topological polar surface area (TPSA) is 12.5 Å². The average Bonchev–Trinajstić information content (AvgIpc) is 2.92. The predicted octanol–water partition coefficient (Wildman–Crippen LogP) is 4.09. The van der Waals surface area contributed by atoms with Crippen molar-refractivity contribution < 1.29 is 4.84 Å². The molecule has 0 amide bonds. The highest BCUT2D eigenvalue weighted by atomic mass is 16.7. The van der Waals surface area contributed by atoms with E-state index in [9.17, 15) is 0 Å². The van der Waals surface area contributed by atoms with Crippen LogP contribution in [0.2, 0.25) is 0 Å². The van der Waals surface area contributed by atoms with Gasteiger partial charge in [-0.05, 0) is 56.7 Å². The summed E-state index contributed by atoms with van der Waals surface area (Å²) in [6, 6.07) is 10.6. The smallest absolute Gasteiger partial charge is 0.0911 e. The summed E-state index contributed by atoms with van der Waals surface area (Å²) in [7, 11) is 0. The zero-order chi connectivity index (χ0) is 12.9. The van der Waals surface area contributed by atoms with E-state index in [0.29, 0.717) is 5.92 Å². The molecule has 0 radical (unpaired) electrons. The summed E-state index contributed by atoms with van der Waals surface area (Å²) in [6.45, 7) is 3.27. The first-order chi connectivity index (χ1) is 9.30. The van der Waals surface area contributed by atoms with Gasteiger partial charge in [0.25, 0.3) is 0 Å². The summed E-state index contributed by atoms with van der Waals surface area (Å²) >= 11 is 0. The summed E-state index contributed by atoms with van der Waals surface area (Å²) < 4.78 is 0. The van der Waals surface area contributed by atoms with Crippen molar-refractivity contribution in [1.82, 2.24) is 0 Å². The van der Waals surface area contributed by atoms with E-state index in [4.69, 9.17) is 4.84 Å². The number of hydrogen-bond donors (Lipinski definition) is 0. The molecule has 2 nitrogen and oxygen atoms in total. The summed E-state index contributed by atoms with van der Waals surface area (Å²) in [5, 5.41) is 2.20. The molecule has 1 aliphatic heterocycles. The van der Waals surface area contributed by atoms with Crippen LogP contribution in [0, 0.1) is 5.92 Å². The number of benzene rings is 1. The third kappa shape index (κ3) is 1.53. The van der Waals surface area contributed by atoms with Crippen LogP contribution in [0.4, 0.5) is 5.69 Å². The highest BCUT2D eigenvalue weighted by Crippen LogP contribution is 2.54. The van der Waals surface area contributed by atoms with Gasteiger partial charge in [-0.25, -0.2) is 5.06 Å². The van der Waals surface area contributed by atoms with E-state index in [1.807, 2.05) is 0 Å². The second kappa shape index (κ2) is 4.11. The first-order valence-corrected chi connectivity index (χ1v) is 7.49. The van der Waals surface area contributed by atoms with Crippen LogP contribution >= 0.6 is 0 Å². The number of nitrogens with zero attached hydrogens (tertiary/aromatic N) is 1. The molecule has 1 aromatic carbocycles. The fourth-order valence-electron chi connectivity index (χ4n) is 4.26. The second-order valence-corrected chi connectivity index (χ2v) is 6.26. The molecule has 0 N–H and O–H groups in total. The first-order valence-electron chi connectivity index (χ1n) is 7.49. The molecule has 1 aromatic rings. The van der Waals surface area contributed by atoms with Gasteiger partial charge in [0.1, 0.15) is 0 Å². The molecule has 0 aromatic heterocycles. The highest BCUT2D eigenvalue weighted by molar-refractivity contribution is 5.54. The summed E-state index contributed by atoms with van der Waals surface area (Å²) in [6.07, 6.45) is 6.59. The van der Waals surface area contributed by atoms with Gasteiger partial charge in [0.15, 0.2) is 0 Å². The van der Waals surface area contributed by atoms with Gasteiger partial charge in [-0.15, -0.1) is 0 Å². The van der Waals surface area contributed by atoms with Gasteiger partial charge in [0, 0.05) is 5.92 Å². The van der Waals surface area contributed by atoms with Gasteiger partial charge in [0.05, 0.1) is 17.8 Å².